The molecule has 0 bridgehead atoms. The molecule has 1 unspecified atom stereocenters. The number of unbranched alkanes of at least 4 members (excludes halogenated alkanes) is 5. The van der Waals surface area contributed by atoms with Gasteiger partial charge < -0.3 is 62.5 Å². The summed E-state index contributed by atoms with van der Waals surface area (Å²) in [5, 5.41) is 55.9. The molecule has 4 rings (SSSR count). The number of benzene rings is 1. The van der Waals surface area contributed by atoms with Gasteiger partial charge in [0.05, 0.1) is 18.3 Å². The third-order valence-corrected chi connectivity index (χ3v) is 13.9. The largest absolute Gasteiger partial charge is 0.508 e. The summed E-state index contributed by atoms with van der Waals surface area (Å²) in [6.07, 6.45) is 6.36. The molecule has 19 heteroatoms. The maximum absolute atomic E-state index is 14.3. The Morgan fingerprint density at radius 3 is 2.00 bits per heavy atom. The van der Waals surface area contributed by atoms with Crippen LogP contribution in [0.5, 0.6) is 5.75 Å². The lowest BCUT2D eigenvalue weighted by Crippen LogP contribution is -2.61. The van der Waals surface area contributed by atoms with Gasteiger partial charge in [0, 0.05) is 38.9 Å². The number of fused-ring (bicyclic) bond motifs is 2. The maximum atomic E-state index is 14.3. The molecule has 1 aromatic rings. The molecular formula is C50H82N8O11. The highest BCUT2D eigenvalue weighted by molar-refractivity contribution is 5.97. The molecule has 7 amide bonds. The number of aryl methyl sites for hydroxylation is 1. The van der Waals surface area contributed by atoms with Crippen LogP contribution in [0.1, 0.15) is 142 Å². The predicted octanol–water partition coefficient (Wildman–Crippen LogP) is 1.41. The normalized spacial score (nSPS) is 27.0. The summed E-state index contributed by atoms with van der Waals surface area (Å²) in [5.74, 6) is -3.34. The Kier molecular flexibility index (Phi) is 23.6. The molecule has 3 aliphatic rings. The van der Waals surface area contributed by atoms with E-state index in [2.05, 4.69) is 47.4 Å². The van der Waals surface area contributed by atoms with E-state index >= 15 is 0 Å². The van der Waals surface area contributed by atoms with Crippen molar-refractivity contribution in [2.24, 2.45) is 17.6 Å². The Morgan fingerprint density at radius 2 is 1.36 bits per heavy atom. The van der Waals surface area contributed by atoms with Crippen LogP contribution in [-0.4, -0.2) is 152 Å². The van der Waals surface area contributed by atoms with Gasteiger partial charge in [0.15, 0.2) is 0 Å². The highest BCUT2D eigenvalue weighted by Crippen LogP contribution is 2.24. The number of phenols is 1. The Morgan fingerprint density at radius 1 is 0.754 bits per heavy atom. The molecule has 0 spiro atoms. The number of aliphatic hydroxyl groups excluding tert-OH is 3. The fourth-order valence-electron chi connectivity index (χ4n) is 9.62. The summed E-state index contributed by atoms with van der Waals surface area (Å²) in [6, 6.07) is -1.51. The molecule has 3 aliphatic heterocycles. The number of nitrogens with one attached hydrogen (secondary N) is 5. The zero-order valence-electron chi connectivity index (χ0n) is 41.3. The van der Waals surface area contributed by atoms with Crippen molar-refractivity contribution < 1.29 is 54.0 Å². The van der Waals surface area contributed by atoms with Gasteiger partial charge in [-0.3, -0.25) is 33.6 Å². The number of nitrogens with zero attached hydrogens (tertiary/aromatic N) is 2. The number of aliphatic hydroxyl groups is 3. The van der Waals surface area contributed by atoms with E-state index in [-0.39, 0.29) is 89.2 Å². The van der Waals surface area contributed by atoms with Crippen molar-refractivity contribution in [3.8, 4) is 5.75 Å². The fourth-order valence-corrected chi connectivity index (χ4v) is 9.62. The van der Waals surface area contributed by atoms with E-state index in [1.54, 1.807) is 12.1 Å². The number of amides is 7. The Balaban J connectivity index is 1.56. The molecule has 11 N–H and O–H groups in total. The van der Waals surface area contributed by atoms with Crippen molar-refractivity contribution >= 4 is 41.4 Å². The second-order valence-electron chi connectivity index (χ2n) is 19.8. The van der Waals surface area contributed by atoms with Gasteiger partial charge in [0.25, 0.3) is 0 Å². The van der Waals surface area contributed by atoms with E-state index in [4.69, 9.17) is 5.73 Å². The van der Waals surface area contributed by atoms with Crippen LogP contribution in [0, 0.1) is 11.8 Å². The number of carbonyl (C=O) groups excluding carboxylic acids is 7. The van der Waals surface area contributed by atoms with Gasteiger partial charge in [0.1, 0.15) is 42.0 Å². The summed E-state index contributed by atoms with van der Waals surface area (Å²) in [4.78, 5) is 100. The minimum absolute atomic E-state index is 0.00553. The molecule has 3 heterocycles. The molecule has 3 fully saturated rings. The molecular weight excluding hydrogens is 889 g/mol. The van der Waals surface area contributed by atoms with Crippen LogP contribution >= 0.6 is 0 Å². The molecule has 19 nitrogen and oxygen atoms in total. The first kappa shape index (κ1) is 56.7. The molecule has 11 atom stereocenters. The van der Waals surface area contributed by atoms with Crippen LogP contribution < -0.4 is 32.3 Å². The first-order valence-electron chi connectivity index (χ1n) is 25.5. The van der Waals surface area contributed by atoms with Crippen molar-refractivity contribution in [1.29, 1.82) is 0 Å². The summed E-state index contributed by atoms with van der Waals surface area (Å²) >= 11 is 0. The average Bonchev–Trinajstić information content (AvgIpc) is 3.91. The molecule has 388 valence electrons. The highest BCUT2D eigenvalue weighted by atomic mass is 16.3. The third-order valence-electron chi connectivity index (χ3n) is 13.9. The predicted molar refractivity (Wildman–Crippen MR) is 259 cm³/mol. The first-order chi connectivity index (χ1) is 32.9. The molecule has 69 heavy (non-hydrogen) atoms. The molecule has 0 aromatic heterocycles. The number of aromatic hydroxyl groups is 1. The summed E-state index contributed by atoms with van der Waals surface area (Å²) in [7, 11) is 0. The topological polar surface area (TPSA) is 293 Å². The minimum atomic E-state index is -1.60. The van der Waals surface area contributed by atoms with Gasteiger partial charge in [-0.2, -0.15) is 0 Å². The van der Waals surface area contributed by atoms with Gasteiger partial charge in [-0.15, -0.1) is 0 Å². The van der Waals surface area contributed by atoms with Crippen molar-refractivity contribution in [2.75, 3.05) is 26.2 Å². The Hall–Kier alpha value is -4.85. The van der Waals surface area contributed by atoms with Crippen molar-refractivity contribution in [1.82, 2.24) is 36.4 Å². The first-order valence-corrected chi connectivity index (χ1v) is 25.5. The third kappa shape index (κ3) is 18.1. The Bertz CT molecular complexity index is 1840. The van der Waals surface area contributed by atoms with Crippen LogP contribution in [-0.2, 0) is 40.0 Å². The van der Waals surface area contributed by atoms with Crippen LogP contribution in [0.2, 0.25) is 0 Å². The number of phenolic OH excluding ortho intramolecular Hbond substituents is 1. The smallest absolute Gasteiger partial charge is 0.248 e. The molecule has 0 saturated carbocycles. The fraction of sp³-hybridized carbons (Fsp3) is 0.740. The van der Waals surface area contributed by atoms with E-state index in [1.165, 1.54) is 49.6 Å². The van der Waals surface area contributed by atoms with E-state index in [1.807, 2.05) is 0 Å². The average molecular weight is 971 g/mol. The zero-order chi connectivity index (χ0) is 50.6. The van der Waals surface area contributed by atoms with E-state index in [9.17, 15) is 54.0 Å². The lowest BCUT2D eigenvalue weighted by Gasteiger charge is -2.32. The summed E-state index contributed by atoms with van der Waals surface area (Å²) < 4.78 is 0. The van der Waals surface area contributed by atoms with E-state index in [0.29, 0.717) is 24.3 Å². The SMILES string of the molecule is CC[C@H](C)C[C@H](C)CCCCCCCCC(=O)N[C@H]1CCCNC(=O)[C@@H]2CC(O)CN2C(=O)[C@H](CCCN)NC(=O)[C@H](CCc2ccc(O)cc2)NC(=O)[C@@H]2C[C@@H](O)CN2C(=O)[C@H]([C@@H](C)O)NC1=O. The van der Waals surface area contributed by atoms with E-state index < -0.39 is 90.0 Å². The van der Waals surface area contributed by atoms with Gasteiger partial charge >= 0.3 is 0 Å². The second-order valence-corrected chi connectivity index (χ2v) is 19.8. The van der Waals surface area contributed by atoms with Crippen LogP contribution in [0.3, 0.4) is 0 Å². The number of hydrogen-bond donors (Lipinski definition) is 10. The number of hydrogen-bond acceptors (Lipinski definition) is 12. The van der Waals surface area contributed by atoms with Crippen LogP contribution in [0.4, 0.5) is 0 Å². The number of rotatable bonds is 20. The monoisotopic (exact) mass is 971 g/mol. The van der Waals surface area contributed by atoms with Gasteiger partial charge in [-0.25, -0.2) is 0 Å². The van der Waals surface area contributed by atoms with Gasteiger partial charge in [-0.05, 0) is 94.4 Å². The van der Waals surface area contributed by atoms with Gasteiger partial charge in [0.2, 0.25) is 41.4 Å². The molecule has 0 aliphatic carbocycles. The van der Waals surface area contributed by atoms with Crippen molar-refractivity contribution in [2.45, 2.75) is 198 Å². The minimum Gasteiger partial charge on any atom is -0.508 e. The Labute approximate surface area is 407 Å². The zero-order valence-corrected chi connectivity index (χ0v) is 41.3. The van der Waals surface area contributed by atoms with Crippen LogP contribution in [0.15, 0.2) is 24.3 Å². The lowest BCUT2D eigenvalue weighted by molar-refractivity contribution is -0.145. The van der Waals surface area contributed by atoms with E-state index in [0.717, 1.165) is 36.5 Å². The second kappa shape index (κ2) is 28.7. The number of nitrogens with two attached hydrogens (primary N) is 1. The molecule has 0 radical (unpaired) electrons. The summed E-state index contributed by atoms with van der Waals surface area (Å²) in [5.41, 5.74) is 6.54. The maximum Gasteiger partial charge on any atom is 0.248 e. The molecule has 3 saturated heterocycles. The van der Waals surface area contributed by atoms with Crippen LogP contribution in [0.25, 0.3) is 0 Å². The lowest BCUT2D eigenvalue weighted by atomic mass is 9.91. The number of carbonyl (C=O) groups is 7. The van der Waals surface area contributed by atoms with Crippen molar-refractivity contribution in [3.05, 3.63) is 29.8 Å². The molecule has 1 aromatic carbocycles. The quantitative estimate of drug-likeness (QED) is 0.0831. The highest BCUT2D eigenvalue weighted by Gasteiger charge is 2.45. The standard InChI is InChI=1S/C50H82N8O11/c1-5-31(2)26-32(3)14-10-8-6-7-9-11-17-43(63)53-38-16-13-25-52-47(66)41-27-36(61)29-57(41)49(68)40(15-12-24-51)55-45(64)39(23-20-34-18-21-35(60)22-19-34)54-48(67)42-28-37(62)30-58(42)50(69)44(33(4)59)56-46(38)65/h18-19,21-22,31-33,36-42,44,59-62H,5-17,20,23-30,51H2,1-4H3,(H,52,66)(H,53,63)(H,54,67)(H,55,64)(H,56,65)/t31-,32+,33+,36?,37+,38-,39-,40-,41-,42-,44-/m0/s1. The summed E-state index contributed by atoms with van der Waals surface area (Å²) in [6.45, 7) is 7.80. The van der Waals surface area contributed by atoms with Gasteiger partial charge in [-0.1, -0.05) is 77.8 Å². The van der Waals surface area contributed by atoms with Crippen molar-refractivity contribution in [3.63, 3.8) is 0 Å².